The smallest absolute Gasteiger partial charge is 0.354 e. The van der Waals surface area contributed by atoms with Crippen LogP contribution in [0.3, 0.4) is 0 Å². The van der Waals surface area contributed by atoms with Gasteiger partial charge in [-0.05, 0) is 26.8 Å². The molecule has 6 heteroatoms. The normalized spacial score (nSPS) is 10.6. The molecule has 0 unspecified atom stereocenters. The molecule has 1 aromatic heterocycles. The molecule has 0 fully saturated rings. The van der Waals surface area contributed by atoms with Crippen molar-refractivity contribution in [2.24, 2.45) is 0 Å². The van der Waals surface area contributed by atoms with Crippen LogP contribution in [-0.4, -0.2) is 27.6 Å². The summed E-state index contributed by atoms with van der Waals surface area (Å²) in [5, 5.41) is 13.9. The summed E-state index contributed by atoms with van der Waals surface area (Å²) >= 11 is 0. The molecule has 96 valence electrons. The van der Waals surface area contributed by atoms with E-state index in [-0.39, 0.29) is 11.4 Å². The van der Waals surface area contributed by atoms with E-state index in [1.54, 1.807) is 20.8 Å². The number of carbonyl (C=O) groups is 2. The van der Waals surface area contributed by atoms with Gasteiger partial charge in [-0.3, -0.25) is 0 Å². The zero-order valence-electron chi connectivity index (χ0n) is 10.4. The van der Waals surface area contributed by atoms with Gasteiger partial charge in [0.15, 0.2) is 0 Å². The quantitative estimate of drug-likeness (QED) is 0.612. The summed E-state index contributed by atoms with van der Waals surface area (Å²) in [6.07, 6.45) is 5.24. The van der Waals surface area contributed by atoms with E-state index in [4.69, 9.17) is 11.5 Å². The average molecular weight is 249 g/mol. The predicted octanol–water partition coefficient (Wildman–Crippen LogP) is 1.55. The van der Waals surface area contributed by atoms with Crippen LogP contribution in [0.15, 0.2) is 6.07 Å². The van der Waals surface area contributed by atoms with Crippen LogP contribution in [0.1, 0.15) is 30.0 Å². The number of aromatic carboxylic acids is 1. The maximum Gasteiger partial charge on any atom is 0.354 e. The molecule has 6 nitrogen and oxygen atoms in total. The van der Waals surface area contributed by atoms with Crippen molar-refractivity contribution in [1.82, 2.24) is 10.3 Å². The maximum absolute atomic E-state index is 11.6. The number of carboxylic acid groups (broad SMARTS) is 1. The number of terminal acetylenes is 1. The fourth-order valence-electron chi connectivity index (χ4n) is 1.33. The molecule has 0 saturated heterocycles. The number of rotatable bonds is 3. The van der Waals surface area contributed by atoms with Gasteiger partial charge < -0.3 is 20.7 Å². The van der Waals surface area contributed by atoms with Gasteiger partial charge in [-0.25, -0.2) is 9.59 Å². The Kier molecular flexibility index (Phi) is 3.67. The number of hydrogen-bond donors (Lipinski definition) is 4. The lowest BCUT2D eigenvalue weighted by Gasteiger charge is -2.19. The zero-order valence-corrected chi connectivity index (χ0v) is 10.4. The minimum Gasteiger partial charge on any atom is -0.477 e. The first-order valence-electron chi connectivity index (χ1n) is 5.25. The van der Waals surface area contributed by atoms with Crippen molar-refractivity contribution >= 4 is 17.7 Å². The lowest BCUT2D eigenvalue weighted by Crippen LogP contribution is -2.44. The number of amides is 2. The minimum atomic E-state index is -1.14. The number of nitrogens with one attached hydrogen (secondary N) is 3. The van der Waals surface area contributed by atoms with Gasteiger partial charge >= 0.3 is 12.0 Å². The van der Waals surface area contributed by atoms with Crippen molar-refractivity contribution in [2.45, 2.75) is 26.3 Å². The van der Waals surface area contributed by atoms with E-state index in [1.165, 1.54) is 6.07 Å². The van der Waals surface area contributed by atoms with Gasteiger partial charge in [-0.1, -0.05) is 5.92 Å². The summed E-state index contributed by atoms with van der Waals surface area (Å²) in [7, 11) is 0. The van der Waals surface area contributed by atoms with Crippen molar-refractivity contribution < 1.29 is 14.7 Å². The number of H-pyrrole nitrogens is 1. The van der Waals surface area contributed by atoms with Crippen LogP contribution in [0.25, 0.3) is 0 Å². The third kappa shape index (κ3) is 3.28. The topological polar surface area (TPSA) is 94.2 Å². The number of hydrogen-bond acceptors (Lipinski definition) is 2. The van der Waals surface area contributed by atoms with Crippen LogP contribution >= 0.6 is 0 Å². The first-order chi connectivity index (χ1) is 8.25. The van der Waals surface area contributed by atoms with Crippen LogP contribution in [0.5, 0.6) is 0 Å². The molecule has 0 bridgehead atoms. The van der Waals surface area contributed by atoms with Crippen molar-refractivity contribution in [3.05, 3.63) is 17.5 Å². The summed E-state index contributed by atoms with van der Waals surface area (Å²) in [4.78, 5) is 25.2. The van der Waals surface area contributed by atoms with Crippen LogP contribution in [0.2, 0.25) is 0 Å². The van der Waals surface area contributed by atoms with Gasteiger partial charge in [-0.15, -0.1) is 6.42 Å². The third-order valence-electron chi connectivity index (χ3n) is 2.20. The summed E-state index contributed by atoms with van der Waals surface area (Å²) in [5.74, 6) is 1.26. The summed E-state index contributed by atoms with van der Waals surface area (Å²) < 4.78 is 0. The van der Waals surface area contributed by atoms with Crippen molar-refractivity contribution in [2.75, 3.05) is 5.32 Å². The second kappa shape index (κ2) is 4.84. The molecule has 0 aliphatic carbocycles. The van der Waals surface area contributed by atoms with E-state index in [0.29, 0.717) is 5.69 Å². The number of aromatic nitrogens is 1. The highest BCUT2D eigenvalue weighted by atomic mass is 16.4. The van der Waals surface area contributed by atoms with Crippen LogP contribution in [-0.2, 0) is 0 Å². The van der Waals surface area contributed by atoms with Gasteiger partial charge in [0.2, 0.25) is 0 Å². The maximum atomic E-state index is 11.6. The Morgan fingerprint density at radius 2 is 2.11 bits per heavy atom. The highest BCUT2D eigenvalue weighted by Gasteiger charge is 2.19. The Bertz CT molecular complexity index is 523. The first kappa shape index (κ1) is 13.6. The lowest BCUT2D eigenvalue weighted by molar-refractivity contribution is 0.0692. The van der Waals surface area contributed by atoms with E-state index in [2.05, 4.69) is 21.5 Å². The molecule has 2 amide bonds. The molecule has 4 N–H and O–H groups in total. The molecule has 18 heavy (non-hydrogen) atoms. The lowest BCUT2D eigenvalue weighted by atomic mass is 10.1. The van der Waals surface area contributed by atoms with E-state index < -0.39 is 17.5 Å². The van der Waals surface area contributed by atoms with Gasteiger partial charge in [0.1, 0.15) is 5.69 Å². The van der Waals surface area contributed by atoms with Crippen LogP contribution in [0, 0.1) is 19.3 Å². The van der Waals surface area contributed by atoms with E-state index in [0.717, 1.165) is 0 Å². The number of anilines is 1. The SMILES string of the molecule is C#CC(C)(C)NC(=O)Nc1cc(C)[nH]c1C(=O)O. The molecule has 0 atom stereocenters. The molecule has 0 radical (unpaired) electrons. The van der Waals surface area contributed by atoms with Gasteiger partial charge in [0, 0.05) is 5.69 Å². The molecular weight excluding hydrogens is 234 g/mol. The monoisotopic (exact) mass is 249 g/mol. The largest absolute Gasteiger partial charge is 0.477 e. The van der Waals surface area contributed by atoms with Gasteiger partial charge in [-0.2, -0.15) is 0 Å². The average Bonchev–Trinajstić information content (AvgIpc) is 2.58. The Labute approximate surface area is 105 Å². The molecular formula is C12H15N3O3. The number of aryl methyl sites for hydroxylation is 1. The summed E-state index contributed by atoms with van der Waals surface area (Å²) in [5.41, 5.74) is -0.0378. The molecule has 1 rings (SSSR count). The van der Waals surface area contributed by atoms with Crippen molar-refractivity contribution in [3.63, 3.8) is 0 Å². The van der Waals surface area contributed by atoms with E-state index >= 15 is 0 Å². The summed E-state index contributed by atoms with van der Waals surface area (Å²) in [6, 6.07) is 0.978. The highest BCUT2D eigenvalue weighted by Crippen LogP contribution is 2.16. The molecule has 0 aromatic carbocycles. The predicted molar refractivity (Wildman–Crippen MR) is 67.6 cm³/mol. The van der Waals surface area contributed by atoms with E-state index in [9.17, 15) is 9.59 Å². The zero-order chi connectivity index (χ0) is 13.9. The minimum absolute atomic E-state index is 0.0684. The second-order valence-corrected chi connectivity index (χ2v) is 4.39. The number of urea groups is 1. The Morgan fingerprint density at radius 1 is 1.50 bits per heavy atom. The van der Waals surface area contributed by atoms with Crippen LogP contribution < -0.4 is 10.6 Å². The number of carboxylic acids is 1. The molecule has 0 aliphatic heterocycles. The molecule has 0 saturated carbocycles. The van der Waals surface area contributed by atoms with Crippen molar-refractivity contribution in [3.8, 4) is 12.3 Å². The van der Waals surface area contributed by atoms with Crippen LogP contribution in [0.4, 0.5) is 10.5 Å². The number of aromatic amines is 1. The van der Waals surface area contributed by atoms with E-state index in [1.807, 2.05) is 0 Å². The molecule has 0 aliphatic rings. The highest BCUT2D eigenvalue weighted by molar-refractivity contribution is 5.99. The molecule has 1 aromatic rings. The van der Waals surface area contributed by atoms with Gasteiger partial charge in [0.25, 0.3) is 0 Å². The Hall–Kier alpha value is -2.42. The fraction of sp³-hybridized carbons (Fsp3) is 0.333. The first-order valence-corrected chi connectivity index (χ1v) is 5.25. The number of carbonyl (C=O) groups excluding carboxylic acids is 1. The molecule has 0 spiro atoms. The van der Waals surface area contributed by atoms with Crippen molar-refractivity contribution in [1.29, 1.82) is 0 Å². The standard InChI is InChI=1S/C12H15N3O3/c1-5-12(3,4)15-11(18)14-8-6-7(2)13-9(8)10(16)17/h1,6,13H,2-4H3,(H,16,17)(H2,14,15,18). The Balaban J connectivity index is 2.83. The third-order valence-corrected chi connectivity index (χ3v) is 2.20. The Morgan fingerprint density at radius 3 is 2.61 bits per heavy atom. The summed E-state index contributed by atoms with van der Waals surface area (Å²) in [6.45, 7) is 5.01. The second-order valence-electron chi connectivity index (χ2n) is 4.39. The molecule has 1 heterocycles. The van der Waals surface area contributed by atoms with Gasteiger partial charge in [0.05, 0.1) is 11.2 Å². The fourth-order valence-corrected chi connectivity index (χ4v) is 1.33.